The molecular formula is C16H14BrNO3. The molecule has 0 saturated heterocycles. The number of halogens is 1. The summed E-state index contributed by atoms with van der Waals surface area (Å²) in [7, 11) is 0. The average molecular weight is 348 g/mol. The molecule has 5 heteroatoms. The molecule has 1 aliphatic rings. The fourth-order valence-corrected chi connectivity index (χ4v) is 2.92. The second kappa shape index (κ2) is 5.41. The summed E-state index contributed by atoms with van der Waals surface area (Å²) in [4.78, 5) is 14.2. The number of phenols is 2. The van der Waals surface area contributed by atoms with Gasteiger partial charge in [0.15, 0.2) is 0 Å². The molecule has 3 rings (SSSR count). The van der Waals surface area contributed by atoms with Crippen LogP contribution in [0.4, 0.5) is 0 Å². The number of hydrogen-bond acceptors (Lipinski definition) is 3. The zero-order valence-electron chi connectivity index (χ0n) is 11.2. The van der Waals surface area contributed by atoms with E-state index in [0.29, 0.717) is 18.7 Å². The Morgan fingerprint density at radius 3 is 2.67 bits per heavy atom. The largest absolute Gasteiger partial charge is 0.508 e. The molecule has 1 amide bonds. The Kier molecular flexibility index (Phi) is 3.59. The first-order chi connectivity index (χ1) is 10.0. The smallest absolute Gasteiger partial charge is 0.257 e. The van der Waals surface area contributed by atoms with Gasteiger partial charge in [0.2, 0.25) is 0 Å². The van der Waals surface area contributed by atoms with E-state index in [1.165, 1.54) is 6.07 Å². The quantitative estimate of drug-likeness (QED) is 0.833. The fourth-order valence-electron chi connectivity index (χ4n) is 2.57. The topological polar surface area (TPSA) is 60.8 Å². The molecule has 0 unspecified atom stereocenters. The number of fused-ring (bicyclic) bond motifs is 1. The van der Waals surface area contributed by atoms with Gasteiger partial charge in [-0.2, -0.15) is 0 Å². The van der Waals surface area contributed by atoms with E-state index in [9.17, 15) is 15.0 Å². The van der Waals surface area contributed by atoms with Gasteiger partial charge in [0.05, 0.1) is 5.56 Å². The second-order valence-electron chi connectivity index (χ2n) is 5.09. The van der Waals surface area contributed by atoms with Crippen LogP contribution < -0.4 is 0 Å². The Hall–Kier alpha value is -2.01. The van der Waals surface area contributed by atoms with Crippen molar-refractivity contribution < 1.29 is 15.0 Å². The normalized spacial score (nSPS) is 13.9. The van der Waals surface area contributed by atoms with Crippen LogP contribution in [-0.4, -0.2) is 27.6 Å². The van der Waals surface area contributed by atoms with Crippen molar-refractivity contribution in [2.45, 2.75) is 13.0 Å². The summed E-state index contributed by atoms with van der Waals surface area (Å²) in [5, 5.41) is 19.5. The van der Waals surface area contributed by atoms with Crippen molar-refractivity contribution in [1.82, 2.24) is 4.90 Å². The maximum absolute atomic E-state index is 12.5. The highest BCUT2D eigenvalue weighted by Gasteiger charge is 2.23. The molecule has 0 saturated carbocycles. The van der Waals surface area contributed by atoms with Gasteiger partial charge in [0.1, 0.15) is 11.5 Å². The van der Waals surface area contributed by atoms with Crippen LogP contribution in [0.15, 0.2) is 40.9 Å². The number of amides is 1. The van der Waals surface area contributed by atoms with Crippen molar-refractivity contribution in [1.29, 1.82) is 0 Å². The van der Waals surface area contributed by atoms with Crippen LogP contribution in [0.25, 0.3) is 0 Å². The third-order valence-corrected chi connectivity index (χ3v) is 4.17. The molecule has 0 atom stereocenters. The molecule has 0 aliphatic carbocycles. The third-order valence-electron chi connectivity index (χ3n) is 3.68. The lowest BCUT2D eigenvalue weighted by molar-refractivity contribution is 0.0731. The number of hydrogen-bond donors (Lipinski definition) is 2. The van der Waals surface area contributed by atoms with E-state index in [4.69, 9.17) is 0 Å². The molecule has 21 heavy (non-hydrogen) atoms. The highest BCUT2D eigenvalue weighted by Crippen LogP contribution is 2.27. The first kappa shape index (κ1) is 13.9. The van der Waals surface area contributed by atoms with E-state index in [1.807, 2.05) is 6.07 Å². The Balaban J connectivity index is 1.87. The van der Waals surface area contributed by atoms with Gasteiger partial charge in [0.25, 0.3) is 5.91 Å². The first-order valence-electron chi connectivity index (χ1n) is 6.63. The lowest BCUT2D eigenvalue weighted by Crippen LogP contribution is -2.35. The molecule has 0 radical (unpaired) electrons. The van der Waals surface area contributed by atoms with Gasteiger partial charge in [-0.15, -0.1) is 0 Å². The Labute approximate surface area is 130 Å². The Morgan fingerprint density at radius 1 is 1.10 bits per heavy atom. The number of aromatic hydroxyl groups is 2. The Morgan fingerprint density at radius 2 is 1.90 bits per heavy atom. The van der Waals surface area contributed by atoms with E-state index in [0.717, 1.165) is 22.0 Å². The van der Waals surface area contributed by atoms with Gasteiger partial charge >= 0.3 is 0 Å². The first-order valence-corrected chi connectivity index (χ1v) is 7.42. The van der Waals surface area contributed by atoms with Gasteiger partial charge in [-0.25, -0.2) is 0 Å². The molecule has 2 N–H and O–H groups in total. The lowest BCUT2D eigenvalue weighted by atomic mass is 9.98. The van der Waals surface area contributed by atoms with Gasteiger partial charge < -0.3 is 15.1 Å². The van der Waals surface area contributed by atoms with Crippen molar-refractivity contribution in [3.8, 4) is 11.5 Å². The second-order valence-corrected chi connectivity index (χ2v) is 6.01. The molecule has 1 heterocycles. The van der Waals surface area contributed by atoms with Crippen LogP contribution in [-0.2, 0) is 13.0 Å². The van der Waals surface area contributed by atoms with Crippen molar-refractivity contribution in [2.75, 3.05) is 6.54 Å². The molecule has 2 aromatic carbocycles. The number of carbonyl (C=O) groups excluding carboxylic acids is 1. The summed E-state index contributed by atoms with van der Waals surface area (Å²) in [5.41, 5.74) is 2.39. The van der Waals surface area contributed by atoms with Crippen LogP contribution in [0.3, 0.4) is 0 Å². The summed E-state index contributed by atoms with van der Waals surface area (Å²) < 4.78 is 0.727. The minimum atomic E-state index is -0.200. The molecule has 0 fully saturated rings. The molecule has 108 valence electrons. The maximum Gasteiger partial charge on any atom is 0.257 e. The average Bonchev–Trinajstić information content (AvgIpc) is 2.46. The monoisotopic (exact) mass is 347 g/mol. The molecule has 0 spiro atoms. The van der Waals surface area contributed by atoms with E-state index in [2.05, 4.69) is 15.9 Å². The zero-order chi connectivity index (χ0) is 15.0. The van der Waals surface area contributed by atoms with Crippen molar-refractivity contribution in [2.24, 2.45) is 0 Å². The molecule has 2 aromatic rings. The molecule has 4 nitrogen and oxygen atoms in total. The Bertz CT molecular complexity index is 715. The van der Waals surface area contributed by atoms with Gasteiger partial charge in [-0.1, -0.05) is 22.0 Å². The lowest BCUT2D eigenvalue weighted by Gasteiger charge is -2.29. The van der Waals surface area contributed by atoms with Crippen molar-refractivity contribution in [3.05, 3.63) is 57.6 Å². The molecule has 0 bridgehead atoms. The van der Waals surface area contributed by atoms with E-state index < -0.39 is 0 Å². The molecular weight excluding hydrogens is 334 g/mol. The van der Waals surface area contributed by atoms with Gasteiger partial charge in [-0.05, 0) is 47.9 Å². The molecule has 0 aromatic heterocycles. The van der Waals surface area contributed by atoms with Crippen LogP contribution in [0.1, 0.15) is 21.5 Å². The van der Waals surface area contributed by atoms with E-state index in [-0.39, 0.29) is 17.4 Å². The SMILES string of the molecule is O=C(c1ccc(Br)cc1O)N1CCc2ccc(O)cc2C1. The van der Waals surface area contributed by atoms with Crippen LogP contribution >= 0.6 is 15.9 Å². The van der Waals surface area contributed by atoms with Crippen LogP contribution in [0.2, 0.25) is 0 Å². The number of benzene rings is 2. The zero-order valence-corrected chi connectivity index (χ0v) is 12.8. The highest BCUT2D eigenvalue weighted by atomic mass is 79.9. The number of rotatable bonds is 1. The predicted octanol–water partition coefficient (Wildman–Crippen LogP) is 3.06. The number of nitrogens with zero attached hydrogens (tertiary/aromatic N) is 1. The van der Waals surface area contributed by atoms with Crippen molar-refractivity contribution in [3.63, 3.8) is 0 Å². The van der Waals surface area contributed by atoms with Gasteiger partial charge in [-0.3, -0.25) is 4.79 Å². The summed E-state index contributed by atoms with van der Waals surface area (Å²) in [6.07, 6.45) is 0.749. The van der Waals surface area contributed by atoms with E-state index in [1.54, 1.807) is 29.2 Å². The van der Waals surface area contributed by atoms with Gasteiger partial charge in [0, 0.05) is 17.6 Å². The van der Waals surface area contributed by atoms with Crippen LogP contribution in [0, 0.1) is 0 Å². The fraction of sp³-hybridized carbons (Fsp3) is 0.188. The summed E-state index contributed by atoms with van der Waals surface area (Å²) in [6, 6.07) is 10.1. The standard InChI is InChI=1S/C16H14BrNO3/c17-12-2-4-14(15(20)8-12)16(21)18-6-5-10-1-3-13(19)7-11(10)9-18/h1-4,7-8,19-20H,5-6,9H2. The third kappa shape index (κ3) is 2.74. The van der Waals surface area contributed by atoms with Crippen molar-refractivity contribution >= 4 is 21.8 Å². The predicted molar refractivity (Wildman–Crippen MR) is 82.4 cm³/mol. The minimum Gasteiger partial charge on any atom is -0.508 e. The maximum atomic E-state index is 12.5. The summed E-state index contributed by atoms with van der Waals surface area (Å²) >= 11 is 3.26. The highest BCUT2D eigenvalue weighted by molar-refractivity contribution is 9.10. The van der Waals surface area contributed by atoms with Crippen LogP contribution in [0.5, 0.6) is 11.5 Å². The number of carbonyl (C=O) groups is 1. The summed E-state index contributed by atoms with van der Waals surface area (Å²) in [5.74, 6) is -0.0281. The number of phenolic OH excluding ortho intramolecular Hbond substituents is 2. The van der Waals surface area contributed by atoms with E-state index >= 15 is 0 Å². The summed E-state index contributed by atoms with van der Waals surface area (Å²) in [6.45, 7) is 1.05. The minimum absolute atomic E-state index is 0.0314. The molecule has 1 aliphatic heterocycles.